The number of benzene rings is 1. The molecule has 1 aromatic carbocycles. The van der Waals surface area contributed by atoms with Gasteiger partial charge in [-0.05, 0) is 11.6 Å². The van der Waals surface area contributed by atoms with Gasteiger partial charge in [-0.3, -0.25) is 0 Å². The van der Waals surface area contributed by atoms with E-state index in [-0.39, 0.29) is 6.10 Å². The van der Waals surface area contributed by atoms with Crippen molar-refractivity contribution < 1.29 is 9.84 Å². The van der Waals surface area contributed by atoms with Gasteiger partial charge in [0, 0.05) is 24.8 Å². The van der Waals surface area contributed by atoms with E-state index < -0.39 is 6.10 Å². The summed E-state index contributed by atoms with van der Waals surface area (Å²) in [6.45, 7) is 0. The molecule has 3 N–H and O–H groups in total. The van der Waals surface area contributed by atoms with E-state index in [1.54, 1.807) is 7.11 Å². The van der Waals surface area contributed by atoms with Crippen LogP contribution >= 0.6 is 0 Å². The number of methoxy groups -OCH3 is 1. The van der Waals surface area contributed by atoms with Gasteiger partial charge in [0.05, 0.1) is 6.10 Å². The second-order valence-electron chi connectivity index (χ2n) is 3.35. The van der Waals surface area contributed by atoms with Gasteiger partial charge in [0.1, 0.15) is 6.10 Å². The predicted octanol–water partition coefficient (Wildman–Crippen LogP) is 0.873. The van der Waals surface area contributed by atoms with Crippen molar-refractivity contribution in [3.8, 4) is 0 Å². The van der Waals surface area contributed by atoms with Crippen molar-refractivity contribution in [1.29, 1.82) is 0 Å². The zero-order chi connectivity index (χ0) is 9.42. The summed E-state index contributed by atoms with van der Waals surface area (Å²) in [7, 11) is 1.59. The maximum atomic E-state index is 9.65. The van der Waals surface area contributed by atoms with E-state index >= 15 is 0 Å². The van der Waals surface area contributed by atoms with Crippen molar-refractivity contribution in [2.75, 3.05) is 12.8 Å². The van der Waals surface area contributed by atoms with Gasteiger partial charge in [-0.25, -0.2) is 0 Å². The standard InChI is InChI=1S/C10H13NO2/c1-13-10-8(12)5-6-3-2-4-7(11)9(6)10/h2-4,8,10,12H,5,11H2,1H3/t8-,10-/m0/s1. The summed E-state index contributed by atoms with van der Waals surface area (Å²) in [6.07, 6.45) is -0.0697. The van der Waals surface area contributed by atoms with Gasteiger partial charge >= 0.3 is 0 Å². The maximum absolute atomic E-state index is 9.65. The number of ether oxygens (including phenoxy) is 1. The fraction of sp³-hybridized carbons (Fsp3) is 0.400. The Bertz CT molecular complexity index is 325. The van der Waals surface area contributed by atoms with Gasteiger partial charge in [-0.2, -0.15) is 0 Å². The molecule has 0 radical (unpaired) electrons. The first-order valence-electron chi connectivity index (χ1n) is 4.32. The molecule has 0 fully saturated rings. The minimum atomic E-state index is -0.454. The fourth-order valence-corrected chi connectivity index (χ4v) is 1.96. The number of hydrogen-bond acceptors (Lipinski definition) is 3. The number of aliphatic hydroxyl groups excluding tert-OH is 1. The first-order chi connectivity index (χ1) is 6.24. The number of fused-ring (bicyclic) bond motifs is 1. The molecule has 1 aromatic rings. The van der Waals surface area contributed by atoms with Gasteiger partial charge in [0.2, 0.25) is 0 Å². The molecule has 2 atom stereocenters. The second kappa shape index (κ2) is 3.01. The highest BCUT2D eigenvalue weighted by molar-refractivity contribution is 5.55. The van der Waals surface area contributed by atoms with Crippen LogP contribution < -0.4 is 5.73 Å². The molecule has 0 saturated heterocycles. The minimum Gasteiger partial charge on any atom is -0.398 e. The number of rotatable bonds is 1. The van der Waals surface area contributed by atoms with Crippen molar-refractivity contribution in [1.82, 2.24) is 0 Å². The van der Waals surface area contributed by atoms with Crippen LogP contribution in [0.1, 0.15) is 17.2 Å². The molecule has 0 heterocycles. The molecule has 0 unspecified atom stereocenters. The molecule has 0 amide bonds. The lowest BCUT2D eigenvalue weighted by molar-refractivity contribution is -0.000470. The normalized spacial score (nSPS) is 26.0. The molecule has 0 aliphatic heterocycles. The third kappa shape index (κ3) is 1.20. The fourth-order valence-electron chi connectivity index (χ4n) is 1.96. The van der Waals surface area contributed by atoms with E-state index in [9.17, 15) is 5.11 Å². The molecule has 13 heavy (non-hydrogen) atoms. The molecule has 3 nitrogen and oxygen atoms in total. The number of aliphatic hydroxyl groups is 1. The Morgan fingerprint density at radius 1 is 1.54 bits per heavy atom. The first-order valence-corrected chi connectivity index (χ1v) is 4.32. The van der Waals surface area contributed by atoms with Gasteiger partial charge in [0.15, 0.2) is 0 Å². The monoisotopic (exact) mass is 179 g/mol. The SMILES string of the molecule is CO[C@@H]1c2c(N)cccc2C[C@@H]1O. The molecule has 0 aromatic heterocycles. The van der Waals surface area contributed by atoms with Crippen molar-refractivity contribution >= 4 is 5.69 Å². The minimum absolute atomic E-state index is 0.254. The van der Waals surface area contributed by atoms with Crippen LogP contribution in [-0.2, 0) is 11.2 Å². The molecule has 1 aliphatic rings. The highest BCUT2D eigenvalue weighted by Gasteiger charge is 2.32. The van der Waals surface area contributed by atoms with Crippen LogP contribution in [-0.4, -0.2) is 18.3 Å². The Balaban J connectivity index is 2.49. The van der Waals surface area contributed by atoms with Gasteiger partial charge in [0.25, 0.3) is 0 Å². The van der Waals surface area contributed by atoms with E-state index in [0.717, 1.165) is 11.1 Å². The topological polar surface area (TPSA) is 55.5 Å². The average molecular weight is 179 g/mol. The highest BCUT2D eigenvalue weighted by atomic mass is 16.5. The molecule has 0 spiro atoms. The summed E-state index contributed by atoms with van der Waals surface area (Å²) in [5, 5.41) is 9.65. The number of hydrogen-bond donors (Lipinski definition) is 2. The lowest BCUT2D eigenvalue weighted by Gasteiger charge is -2.14. The van der Waals surface area contributed by atoms with Gasteiger partial charge in [-0.1, -0.05) is 12.1 Å². The summed E-state index contributed by atoms with van der Waals surface area (Å²) >= 11 is 0. The average Bonchev–Trinajstić information content (AvgIpc) is 2.42. The van der Waals surface area contributed by atoms with Crippen LogP contribution in [0.2, 0.25) is 0 Å². The van der Waals surface area contributed by atoms with Gasteiger partial charge < -0.3 is 15.6 Å². The molecule has 1 aliphatic carbocycles. The van der Waals surface area contributed by atoms with E-state index in [1.807, 2.05) is 18.2 Å². The van der Waals surface area contributed by atoms with Crippen LogP contribution in [0.4, 0.5) is 5.69 Å². The van der Waals surface area contributed by atoms with Gasteiger partial charge in [-0.15, -0.1) is 0 Å². The second-order valence-corrected chi connectivity index (χ2v) is 3.35. The Morgan fingerprint density at radius 2 is 2.31 bits per heavy atom. The Kier molecular flexibility index (Phi) is 1.98. The van der Waals surface area contributed by atoms with Crippen molar-refractivity contribution in [3.63, 3.8) is 0 Å². The molecule has 0 bridgehead atoms. The molecular weight excluding hydrogens is 166 g/mol. The lowest BCUT2D eigenvalue weighted by Crippen LogP contribution is -2.15. The summed E-state index contributed by atoms with van der Waals surface area (Å²) in [4.78, 5) is 0. The first kappa shape index (κ1) is 8.53. The molecule has 2 rings (SSSR count). The Hall–Kier alpha value is -1.06. The Labute approximate surface area is 77.1 Å². The smallest absolute Gasteiger partial charge is 0.111 e. The summed E-state index contributed by atoms with van der Waals surface area (Å²) < 4.78 is 5.20. The van der Waals surface area contributed by atoms with E-state index in [1.165, 1.54) is 0 Å². The third-order valence-electron chi connectivity index (χ3n) is 2.55. The molecular formula is C10H13NO2. The summed E-state index contributed by atoms with van der Waals surface area (Å²) in [5.41, 5.74) is 8.57. The third-order valence-corrected chi connectivity index (χ3v) is 2.55. The highest BCUT2D eigenvalue weighted by Crippen LogP contribution is 2.37. The molecule has 3 heteroatoms. The summed E-state index contributed by atoms with van der Waals surface area (Å²) in [5.74, 6) is 0. The van der Waals surface area contributed by atoms with Crippen molar-refractivity contribution in [2.24, 2.45) is 0 Å². The lowest BCUT2D eigenvalue weighted by atomic mass is 10.1. The van der Waals surface area contributed by atoms with Crippen molar-refractivity contribution in [3.05, 3.63) is 29.3 Å². The summed E-state index contributed by atoms with van der Waals surface area (Å²) in [6, 6.07) is 5.72. The van der Waals surface area contributed by atoms with E-state index in [2.05, 4.69) is 0 Å². The van der Waals surface area contributed by atoms with Crippen LogP contribution in [0.15, 0.2) is 18.2 Å². The zero-order valence-electron chi connectivity index (χ0n) is 7.53. The number of nitrogen functional groups attached to an aromatic ring is 1. The quantitative estimate of drug-likeness (QED) is 0.629. The van der Waals surface area contributed by atoms with Crippen LogP contribution in [0.5, 0.6) is 0 Å². The maximum Gasteiger partial charge on any atom is 0.111 e. The van der Waals surface area contributed by atoms with Crippen LogP contribution in [0.25, 0.3) is 0 Å². The number of anilines is 1. The molecule has 0 saturated carbocycles. The van der Waals surface area contributed by atoms with Crippen molar-refractivity contribution in [2.45, 2.75) is 18.6 Å². The Morgan fingerprint density at radius 3 is 3.00 bits per heavy atom. The van der Waals surface area contributed by atoms with E-state index in [0.29, 0.717) is 12.1 Å². The largest absolute Gasteiger partial charge is 0.398 e. The van der Waals surface area contributed by atoms with Crippen LogP contribution in [0.3, 0.4) is 0 Å². The van der Waals surface area contributed by atoms with Crippen LogP contribution in [0, 0.1) is 0 Å². The zero-order valence-corrected chi connectivity index (χ0v) is 7.53. The molecule has 70 valence electrons. The number of nitrogens with two attached hydrogens (primary N) is 1. The predicted molar refractivity (Wildman–Crippen MR) is 50.3 cm³/mol. The van der Waals surface area contributed by atoms with E-state index in [4.69, 9.17) is 10.5 Å².